The van der Waals surface area contributed by atoms with Crippen molar-refractivity contribution >= 4 is 17.7 Å². The Bertz CT molecular complexity index is 1850. The maximum Gasteiger partial charge on any atom is 0.217 e. The van der Waals surface area contributed by atoms with Gasteiger partial charge in [-0.1, -0.05) is 0 Å². The fourth-order valence-electron chi connectivity index (χ4n) is 9.46. The Morgan fingerprint density at radius 1 is 0.373 bits per heavy atom. The Morgan fingerprint density at radius 2 is 0.733 bits per heavy atom. The summed E-state index contributed by atoms with van der Waals surface area (Å²) in [5, 5.41) is 180. The lowest BCUT2D eigenvalue weighted by Crippen LogP contribution is -2.69. The van der Waals surface area contributed by atoms with Gasteiger partial charge in [-0.2, -0.15) is 0 Å². The zero-order valence-corrected chi connectivity index (χ0v) is 40.7. The summed E-state index contributed by atoms with van der Waals surface area (Å²) in [6.45, 7) is 0.0715. The molecule has 3 amide bonds. The lowest BCUT2D eigenvalue weighted by atomic mass is 9.94. The Labute approximate surface area is 426 Å². The second-order valence-corrected chi connectivity index (χ2v) is 19.0. The molecule has 0 aromatic carbocycles. The number of ether oxygens (including phenoxy) is 11. The molecular weight excluding hydrogens is 1030 g/mol. The summed E-state index contributed by atoms with van der Waals surface area (Å²) in [6, 6.07) is -4.82. The van der Waals surface area contributed by atoms with Gasteiger partial charge in [0.25, 0.3) is 0 Å². The highest BCUT2D eigenvalue weighted by molar-refractivity contribution is 5.74. The van der Waals surface area contributed by atoms with Gasteiger partial charge in [-0.25, -0.2) is 0 Å². The zero-order valence-electron chi connectivity index (χ0n) is 40.7. The average Bonchev–Trinajstić information content (AvgIpc) is 3.36. The van der Waals surface area contributed by atoms with E-state index in [0.29, 0.717) is 0 Å². The highest BCUT2D eigenvalue weighted by Crippen LogP contribution is 2.35. The highest BCUT2D eigenvalue weighted by Gasteiger charge is 2.57. The third-order valence-corrected chi connectivity index (χ3v) is 13.6. The average molecular weight is 1100 g/mol. The first-order valence-electron chi connectivity index (χ1n) is 23.9. The van der Waals surface area contributed by atoms with E-state index in [0.717, 1.165) is 20.8 Å². The van der Waals surface area contributed by atoms with Crippen molar-refractivity contribution in [1.29, 1.82) is 0 Å². The fraction of sp³-hybridized carbons (Fsp3) is 0.929. The molecule has 75 heavy (non-hydrogen) atoms. The van der Waals surface area contributed by atoms with Gasteiger partial charge in [0, 0.05) is 20.8 Å². The molecule has 6 aliphatic heterocycles. The van der Waals surface area contributed by atoms with Crippen LogP contribution in [0.2, 0.25) is 0 Å². The standard InChI is InChI=1S/C42H71N3O30/c1-10-22(52)29(59)31(61)40(67-10)74-35-21(45-13(4)51)39(70-16(7-48)25(35)55)66-9-18-27(57)36(75-41-32(62)30(60)24(54)15(6-47)71-41)33(63)42(72-18)73-34-20(44-12(3)50)37(64)68-17(26(34)56)8-65-38-19(43-11(2)49)28(58)23(53)14(5-46)69-38/h10,14-42,46-48,52-64H,5-9H2,1-4H3,(H,43,49)(H,44,50)(H,45,51)/t10-,14+,15+,16+,17+,18+,19+,20+,21+,22+,23+,24-,25-,26-,27-,28+,29+,30-,31-,32+,33+,34+,35+,36-,37?,38+,39+,40-,41-,42-/m0/s1. The number of amides is 3. The van der Waals surface area contributed by atoms with Crippen LogP contribution in [0.3, 0.4) is 0 Å². The van der Waals surface area contributed by atoms with Gasteiger partial charge in [0.05, 0.1) is 39.1 Å². The highest BCUT2D eigenvalue weighted by atomic mass is 16.8. The van der Waals surface area contributed by atoms with E-state index in [1.54, 1.807) is 0 Å². The van der Waals surface area contributed by atoms with Crippen LogP contribution in [0.5, 0.6) is 0 Å². The lowest BCUT2D eigenvalue weighted by molar-refractivity contribution is -0.379. The third kappa shape index (κ3) is 13.9. The minimum atomic E-state index is -2.27. The van der Waals surface area contributed by atoms with Crippen molar-refractivity contribution in [3.8, 4) is 0 Å². The molecule has 6 heterocycles. The van der Waals surface area contributed by atoms with Gasteiger partial charge in [-0.05, 0) is 6.92 Å². The number of carbonyl (C=O) groups is 3. The molecule has 30 atom stereocenters. The molecule has 6 saturated heterocycles. The number of aliphatic hydroxyl groups is 16. The predicted molar refractivity (Wildman–Crippen MR) is 233 cm³/mol. The molecule has 33 heteroatoms. The molecule has 434 valence electrons. The molecule has 0 aliphatic carbocycles. The molecule has 1 unspecified atom stereocenters. The molecule has 6 fully saturated rings. The lowest BCUT2D eigenvalue weighted by Gasteiger charge is -2.49. The Kier molecular flexibility index (Phi) is 21.8. The van der Waals surface area contributed by atoms with E-state index in [2.05, 4.69) is 16.0 Å². The largest absolute Gasteiger partial charge is 0.394 e. The van der Waals surface area contributed by atoms with Gasteiger partial charge in [-0.3, -0.25) is 14.4 Å². The first-order valence-corrected chi connectivity index (χ1v) is 23.9. The van der Waals surface area contributed by atoms with E-state index in [-0.39, 0.29) is 0 Å². The molecule has 0 spiro atoms. The number of carbonyl (C=O) groups excluding carboxylic acids is 3. The normalized spacial score (nSPS) is 48.6. The molecule has 33 nitrogen and oxygen atoms in total. The summed E-state index contributed by atoms with van der Waals surface area (Å²) in [6.07, 6.45) is -49.7. The third-order valence-electron chi connectivity index (χ3n) is 13.6. The van der Waals surface area contributed by atoms with E-state index in [4.69, 9.17) is 52.1 Å². The van der Waals surface area contributed by atoms with Gasteiger partial charge >= 0.3 is 0 Å². The molecule has 0 saturated carbocycles. The van der Waals surface area contributed by atoms with Gasteiger partial charge < -0.3 is 150 Å². The Morgan fingerprint density at radius 3 is 1.27 bits per heavy atom. The Hall–Kier alpha value is -2.67. The molecular formula is C42H71N3O30. The second-order valence-electron chi connectivity index (χ2n) is 19.0. The first kappa shape index (κ1) is 61.5. The van der Waals surface area contributed by atoms with Crippen LogP contribution >= 0.6 is 0 Å². The summed E-state index contributed by atoms with van der Waals surface area (Å²) < 4.78 is 63.5. The summed E-state index contributed by atoms with van der Waals surface area (Å²) in [5.41, 5.74) is 0. The van der Waals surface area contributed by atoms with Crippen molar-refractivity contribution in [3.05, 3.63) is 0 Å². The van der Waals surface area contributed by atoms with Crippen LogP contribution in [0.15, 0.2) is 0 Å². The first-order chi connectivity index (χ1) is 35.3. The van der Waals surface area contributed by atoms with Crippen molar-refractivity contribution in [1.82, 2.24) is 16.0 Å². The Balaban J connectivity index is 1.29. The maximum atomic E-state index is 12.6. The van der Waals surface area contributed by atoms with Gasteiger partial charge in [0.2, 0.25) is 17.7 Å². The smallest absolute Gasteiger partial charge is 0.217 e. The van der Waals surface area contributed by atoms with Crippen LogP contribution in [0.4, 0.5) is 0 Å². The van der Waals surface area contributed by atoms with E-state index >= 15 is 0 Å². The van der Waals surface area contributed by atoms with Crippen LogP contribution in [0.1, 0.15) is 27.7 Å². The van der Waals surface area contributed by atoms with E-state index in [1.807, 2.05) is 0 Å². The topological polar surface area (TPSA) is 513 Å². The van der Waals surface area contributed by atoms with Gasteiger partial charge in [0.1, 0.15) is 140 Å². The summed E-state index contributed by atoms with van der Waals surface area (Å²) in [7, 11) is 0. The summed E-state index contributed by atoms with van der Waals surface area (Å²) >= 11 is 0. The number of nitrogens with one attached hydrogen (secondary N) is 3. The van der Waals surface area contributed by atoms with Crippen LogP contribution in [-0.2, 0) is 66.5 Å². The summed E-state index contributed by atoms with van der Waals surface area (Å²) in [4.78, 5) is 37.1. The SMILES string of the molecule is CC(=O)N[C@H]1[C@H](OC[C@H]2OC(O)[C@H](NC(C)=O)[C@@H](O[C@@H]3O[C@H](CO[C@@H]4O[C@H](CO)[C@H](O)[C@H](O[C@@H]5O[C@@H](C)[C@@H](O)[C@@H](O)[C@@H]5O)[C@H]4NC(C)=O)[C@H](O)[C@H](O[C@@H]4O[C@H](CO)[C@H](O)[C@H](O)[C@H]4O)[C@H]3O)[C@H]2O)O[C@H](CO)[C@@H](O)[C@@H]1O. The fourth-order valence-corrected chi connectivity index (χ4v) is 9.46. The molecule has 19 N–H and O–H groups in total. The minimum Gasteiger partial charge on any atom is -0.394 e. The van der Waals surface area contributed by atoms with Crippen molar-refractivity contribution < 1.29 is 148 Å². The maximum absolute atomic E-state index is 12.6. The van der Waals surface area contributed by atoms with E-state index in [9.17, 15) is 96.1 Å². The molecule has 6 rings (SSSR count). The van der Waals surface area contributed by atoms with Crippen molar-refractivity contribution in [3.63, 3.8) is 0 Å². The van der Waals surface area contributed by atoms with E-state index < -0.39 is 235 Å². The molecule has 0 bridgehead atoms. The van der Waals surface area contributed by atoms with Crippen molar-refractivity contribution in [2.75, 3.05) is 33.0 Å². The van der Waals surface area contributed by atoms with Crippen molar-refractivity contribution in [2.45, 2.75) is 212 Å². The van der Waals surface area contributed by atoms with Gasteiger partial charge in [0.15, 0.2) is 37.7 Å². The van der Waals surface area contributed by atoms with E-state index in [1.165, 1.54) is 6.92 Å². The number of rotatable bonds is 18. The quantitative estimate of drug-likeness (QED) is 0.0606. The predicted octanol–water partition coefficient (Wildman–Crippen LogP) is -12.6. The van der Waals surface area contributed by atoms with Gasteiger partial charge in [-0.15, -0.1) is 0 Å². The number of hydrogen-bond acceptors (Lipinski definition) is 30. The van der Waals surface area contributed by atoms with Crippen LogP contribution < -0.4 is 16.0 Å². The summed E-state index contributed by atoms with van der Waals surface area (Å²) in [5.74, 6) is -2.32. The zero-order chi connectivity index (χ0) is 55.5. The van der Waals surface area contributed by atoms with Crippen LogP contribution in [0.25, 0.3) is 0 Å². The minimum absolute atomic E-state index is 0.704. The monoisotopic (exact) mass is 1100 g/mol. The van der Waals surface area contributed by atoms with Crippen LogP contribution in [-0.4, -0.2) is 317 Å². The number of aliphatic hydroxyl groups excluding tert-OH is 16. The molecule has 0 aromatic rings. The molecule has 6 aliphatic rings. The second kappa shape index (κ2) is 26.5. The number of hydrogen-bond donors (Lipinski definition) is 19. The molecule has 0 aromatic heterocycles. The van der Waals surface area contributed by atoms with Crippen LogP contribution in [0, 0.1) is 0 Å². The van der Waals surface area contributed by atoms with Crippen molar-refractivity contribution in [2.24, 2.45) is 0 Å². The molecule has 0 radical (unpaired) electrons.